The van der Waals surface area contributed by atoms with Gasteiger partial charge in [0.15, 0.2) is 10.0 Å². The van der Waals surface area contributed by atoms with Gasteiger partial charge in [-0.25, -0.2) is 4.98 Å². The van der Waals surface area contributed by atoms with Crippen molar-refractivity contribution in [3.8, 4) is 11.5 Å². The fourth-order valence-corrected chi connectivity index (χ4v) is 4.82. The van der Waals surface area contributed by atoms with Crippen LogP contribution in [0.5, 0.6) is 11.5 Å². The normalized spacial score (nSPS) is 10.5. The van der Waals surface area contributed by atoms with Gasteiger partial charge in [0.1, 0.15) is 16.5 Å². The predicted molar refractivity (Wildman–Crippen MR) is 122 cm³/mol. The maximum atomic E-state index is 12.8. The number of thiophene rings is 1. The monoisotopic (exact) mass is 463 g/mol. The van der Waals surface area contributed by atoms with Crippen molar-refractivity contribution in [1.29, 1.82) is 0 Å². The van der Waals surface area contributed by atoms with E-state index in [9.17, 15) is 9.59 Å². The summed E-state index contributed by atoms with van der Waals surface area (Å²) in [5.41, 5.74) is 0.991. The first-order valence-electron chi connectivity index (χ1n) is 8.86. The molecule has 0 aliphatic carbocycles. The number of rotatable bonds is 8. The standard InChI is InChI=1S/C20H21N3O4S3/c1-11-5-8-15(29-11)17(24)23-19-16(22-20(28-4)30-19)18(25)21-10-12-6-7-13(26-2)9-14(12)27-3/h5-9H,10H2,1-4H3,(H,21,25)(H,23,24). The molecule has 0 spiro atoms. The van der Waals surface area contributed by atoms with Gasteiger partial charge in [0.25, 0.3) is 11.8 Å². The molecular weight excluding hydrogens is 442 g/mol. The maximum absolute atomic E-state index is 12.8. The molecule has 1 aromatic carbocycles. The molecule has 0 bridgehead atoms. The molecule has 0 atom stereocenters. The van der Waals surface area contributed by atoms with Gasteiger partial charge in [-0.2, -0.15) is 0 Å². The Morgan fingerprint density at radius 2 is 1.90 bits per heavy atom. The van der Waals surface area contributed by atoms with Gasteiger partial charge in [-0.1, -0.05) is 23.1 Å². The van der Waals surface area contributed by atoms with E-state index in [1.807, 2.05) is 25.3 Å². The summed E-state index contributed by atoms with van der Waals surface area (Å²) in [6.07, 6.45) is 1.87. The number of benzene rings is 1. The summed E-state index contributed by atoms with van der Waals surface area (Å²) >= 11 is 4.09. The number of carbonyl (C=O) groups excluding carboxylic acids is 2. The van der Waals surface area contributed by atoms with Crippen LogP contribution in [0.15, 0.2) is 34.7 Å². The number of hydrogen-bond acceptors (Lipinski definition) is 8. The molecular formula is C20H21N3O4S3. The van der Waals surface area contributed by atoms with E-state index in [4.69, 9.17) is 9.47 Å². The third-order valence-corrected chi connectivity index (χ3v) is 7.08. The molecule has 2 aromatic heterocycles. The minimum atomic E-state index is -0.373. The number of nitrogens with zero attached hydrogens (tertiary/aromatic N) is 1. The summed E-state index contributed by atoms with van der Waals surface area (Å²) in [4.78, 5) is 31.4. The fourth-order valence-electron chi connectivity index (χ4n) is 2.60. The van der Waals surface area contributed by atoms with Crippen LogP contribution in [0, 0.1) is 6.92 Å². The number of aromatic nitrogens is 1. The van der Waals surface area contributed by atoms with Gasteiger partial charge < -0.3 is 20.1 Å². The lowest BCUT2D eigenvalue weighted by Gasteiger charge is -2.11. The molecule has 0 saturated carbocycles. The molecule has 0 aliphatic heterocycles. The third kappa shape index (κ3) is 5.13. The summed E-state index contributed by atoms with van der Waals surface area (Å²) in [6, 6.07) is 9.03. The van der Waals surface area contributed by atoms with Gasteiger partial charge in [-0.3, -0.25) is 9.59 Å². The maximum Gasteiger partial charge on any atom is 0.273 e. The Labute approximate surface area is 186 Å². The molecule has 3 aromatic rings. The Morgan fingerprint density at radius 1 is 1.10 bits per heavy atom. The number of methoxy groups -OCH3 is 2. The molecule has 2 heterocycles. The van der Waals surface area contributed by atoms with Crippen LogP contribution >= 0.6 is 34.4 Å². The summed E-state index contributed by atoms with van der Waals surface area (Å²) in [5, 5.41) is 6.10. The Balaban J connectivity index is 1.75. The average Bonchev–Trinajstić information content (AvgIpc) is 3.38. The van der Waals surface area contributed by atoms with Crippen LogP contribution < -0.4 is 20.1 Å². The van der Waals surface area contributed by atoms with Crippen molar-refractivity contribution in [2.75, 3.05) is 25.8 Å². The number of carbonyl (C=O) groups is 2. The minimum Gasteiger partial charge on any atom is -0.497 e. The van der Waals surface area contributed by atoms with Crippen molar-refractivity contribution in [2.45, 2.75) is 17.8 Å². The Hall–Kier alpha value is -2.56. The van der Waals surface area contributed by atoms with E-state index in [0.29, 0.717) is 25.7 Å². The van der Waals surface area contributed by atoms with Crippen molar-refractivity contribution in [3.63, 3.8) is 0 Å². The van der Waals surface area contributed by atoms with Gasteiger partial charge >= 0.3 is 0 Å². The van der Waals surface area contributed by atoms with Gasteiger partial charge in [0, 0.05) is 23.1 Å². The van der Waals surface area contributed by atoms with E-state index >= 15 is 0 Å². The van der Waals surface area contributed by atoms with Gasteiger partial charge in [0.05, 0.1) is 19.1 Å². The Bertz CT molecular complexity index is 1060. The van der Waals surface area contributed by atoms with Crippen LogP contribution in [0.2, 0.25) is 0 Å². The van der Waals surface area contributed by atoms with Crippen LogP contribution in [-0.4, -0.2) is 37.3 Å². The van der Waals surface area contributed by atoms with E-state index in [-0.39, 0.29) is 24.1 Å². The minimum absolute atomic E-state index is 0.193. The molecule has 0 fully saturated rings. The number of thiazole rings is 1. The molecule has 2 amide bonds. The molecule has 0 aliphatic rings. The second-order valence-corrected chi connectivity index (χ2v) is 9.43. The zero-order valence-electron chi connectivity index (χ0n) is 16.9. The molecule has 0 radical (unpaired) electrons. The van der Waals surface area contributed by atoms with E-state index < -0.39 is 0 Å². The summed E-state index contributed by atoms with van der Waals surface area (Å²) in [7, 11) is 3.14. The van der Waals surface area contributed by atoms with Gasteiger partial charge in [-0.15, -0.1) is 11.3 Å². The first kappa shape index (κ1) is 22.1. The smallest absolute Gasteiger partial charge is 0.273 e. The van der Waals surface area contributed by atoms with Crippen LogP contribution in [0.25, 0.3) is 0 Å². The summed E-state index contributed by atoms with van der Waals surface area (Å²) in [6.45, 7) is 2.18. The zero-order valence-corrected chi connectivity index (χ0v) is 19.3. The van der Waals surface area contributed by atoms with Gasteiger partial charge in [0.2, 0.25) is 0 Å². The third-order valence-electron chi connectivity index (χ3n) is 4.12. The van der Waals surface area contributed by atoms with Crippen LogP contribution in [0.3, 0.4) is 0 Å². The highest BCUT2D eigenvalue weighted by Crippen LogP contribution is 2.31. The number of amides is 2. The van der Waals surface area contributed by atoms with Crippen molar-refractivity contribution < 1.29 is 19.1 Å². The first-order valence-corrected chi connectivity index (χ1v) is 11.7. The lowest BCUT2D eigenvalue weighted by Crippen LogP contribution is -2.25. The fraction of sp³-hybridized carbons (Fsp3) is 0.250. The van der Waals surface area contributed by atoms with Crippen LogP contribution in [-0.2, 0) is 6.54 Å². The Morgan fingerprint density at radius 3 is 2.53 bits per heavy atom. The molecule has 2 N–H and O–H groups in total. The first-order chi connectivity index (χ1) is 14.4. The highest BCUT2D eigenvalue weighted by Gasteiger charge is 2.21. The lowest BCUT2D eigenvalue weighted by molar-refractivity contribution is 0.0947. The van der Waals surface area contributed by atoms with E-state index in [1.165, 1.54) is 34.4 Å². The quantitative estimate of drug-likeness (QED) is 0.480. The van der Waals surface area contributed by atoms with Crippen LogP contribution in [0.4, 0.5) is 5.00 Å². The number of aryl methyl sites for hydroxylation is 1. The molecule has 3 rings (SSSR count). The summed E-state index contributed by atoms with van der Waals surface area (Å²) < 4.78 is 11.3. The van der Waals surface area contributed by atoms with Crippen molar-refractivity contribution in [2.24, 2.45) is 0 Å². The highest BCUT2D eigenvalue weighted by atomic mass is 32.2. The topological polar surface area (TPSA) is 89.5 Å². The van der Waals surface area contributed by atoms with Gasteiger partial charge in [-0.05, 0) is 37.4 Å². The van der Waals surface area contributed by atoms with Crippen molar-refractivity contribution >= 4 is 51.3 Å². The molecule has 30 heavy (non-hydrogen) atoms. The number of ether oxygens (including phenoxy) is 2. The summed E-state index contributed by atoms with van der Waals surface area (Å²) in [5.74, 6) is 0.650. The van der Waals surface area contributed by atoms with Crippen molar-refractivity contribution in [1.82, 2.24) is 10.3 Å². The lowest BCUT2D eigenvalue weighted by atomic mass is 10.2. The van der Waals surface area contributed by atoms with Crippen molar-refractivity contribution in [3.05, 3.63) is 51.3 Å². The number of nitrogens with one attached hydrogen (secondary N) is 2. The zero-order chi connectivity index (χ0) is 21.7. The number of anilines is 1. The second-order valence-electron chi connectivity index (χ2n) is 6.09. The van der Waals surface area contributed by atoms with E-state index in [1.54, 1.807) is 32.4 Å². The largest absolute Gasteiger partial charge is 0.497 e. The molecule has 10 heteroatoms. The molecule has 0 unspecified atom stereocenters. The Kier molecular flexibility index (Phi) is 7.35. The molecule has 158 valence electrons. The predicted octanol–water partition coefficient (Wildman–Crippen LogP) is 4.43. The second kappa shape index (κ2) is 9.96. The number of hydrogen-bond donors (Lipinski definition) is 2. The number of thioether (sulfide) groups is 1. The molecule has 7 nitrogen and oxygen atoms in total. The van der Waals surface area contributed by atoms with Crippen LogP contribution in [0.1, 0.15) is 30.6 Å². The van der Waals surface area contributed by atoms with E-state index in [2.05, 4.69) is 15.6 Å². The SMILES string of the molecule is COc1ccc(CNC(=O)c2nc(SC)sc2NC(=O)c2ccc(C)s2)c(OC)c1. The highest BCUT2D eigenvalue weighted by molar-refractivity contribution is 8.00. The molecule has 0 saturated heterocycles. The van der Waals surface area contributed by atoms with E-state index in [0.717, 1.165) is 10.4 Å². The average molecular weight is 464 g/mol.